The second-order valence-electron chi connectivity index (χ2n) is 6.92. The van der Waals surface area contributed by atoms with Crippen molar-refractivity contribution in [2.45, 2.75) is 51.6 Å². The van der Waals surface area contributed by atoms with Crippen molar-refractivity contribution in [2.24, 2.45) is 0 Å². The first-order valence-corrected chi connectivity index (χ1v) is 10.3. The molecule has 0 unspecified atom stereocenters. The summed E-state index contributed by atoms with van der Waals surface area (Å²) in [6.45, 7) is 5.19. The molecule has 1 aliphatic rings. The lowest BCUT2D eigenvalue weighted by atomic mass is 9.93. The second-order valence-corrected chi connectivity index (χ2v) is 7.33. The van der Waals surface area contributed by atoms with Crippen molar-refractivity contribution < 1.29 is 18.9 Å². The van der Waals surface area contributed by atoms with Crippen LogP contribution in [0.4, 0.5) is 0 Å². The number of hydrogen-bond acceptors (Lipinski definition) is 4. The number of rotatable bonds is 8. The van der Waals surface area contributed by atoms with E-state index in [4.69, 9.17) is 30.5 Å². The van der Waals surface area contributed by atoms with Gasteiger partial charge >= 0.3 is 0 Å². The maximum absolute atomic E-state index is 6.51. The Morgan fingerprint density at radius 3 is 2.57 bits per heavy atom. The molecule has 0 spiro atoms. The largest absolute Gasteiger partial charge is 0.494 e. The Morgan fingerprint density at radius 1 is 1.11 bits per heavy atom. The van der Waals surface area contributed by atoms with Gasteiger partial charge < -0.3 is 18.9 Å². The molecule has 2 aromatic rings. The van der Waals surface area contributed by atoms with Gasteiger partial charge in [0.25, 0.3) is 0 Å². The van der Waals surface area contributed by atoms with E-state index >= 15 is 0 Å². The van der Waals surface area contributed by atoms with Crippen LogP contribution in [0.1, 0.15) is 49.8 Å². The van der Waals surface area contributed by atoms with Crippen molar-refractivity contribution in [3.8, 4) is 5.75 Å². The number of halogens is 1. The van der Waals surface area contributed by atoms with Crippen LogP contribution >= 0.6 is 11.6 Å². The van der Waals surface area contributed by atoms with Gasteiger partial charge in [-0.15, -0.1) is 0 Å². The van der Waals surface area contributed by atoms with Crippen LogP contribution in [0.15, 0.2) is 42.5 Å². The predicted molar refractivity (Wildman–Crippen MR) is 111 cm³/mol. The van der Waals surface area contributed by atoms with Crippen LogP contribution in [-0.4, -0.2) is 26.6 Å². The van der Waals surface area contributed by atoms with Crippen molar-refractivity contribution in [2.75, 3.05) is 20.3 Å². The van der Waals surface area contributed by atoms with Gasteiger partial charge in [-0.25, -0.2) is 0 Å². The molecule has 2 aromatic carbocycles. The summed E-state index contributed by atoms with van der Waals surface area (Å²) >= 11 is 6.51. The normalized spacial score (nSPS) is 22.2. The topological polar surface area (TPSA) is 36.9 Å². The van der Waals surface area contributed by atoms with E-state index in [-0.39, 0.29) is 6.29 Å². The third-order valence-corrected chi connectivity index (χ3v) is 5.39. The molecular weight excluding hydrogens is 376 g/mol. The summed E-state index contributed by atoms with van der Waals surface area (Å²) in [6.07, 6.45) is 3.12. The molecule has 152 valence electrons. The Morgan fingerprint density at radius 2 is 1.89 bits per heavy atom. The van der Waals surface area contributed by atoms with Gasteiger partial charge in [0.15, 0.2) is 12.1 Å². The summed E-state index contributed by atoms with van der Waals surface area (Å²) in [4.78, 5) is 0. The highest BCUT2D eigenvalue weighted by Gasteiger charge is 2.40. The predicted octanol–water partition coefficient (Wildman–Crippen LogP) is 5.69. The minimum Gasteiger partial charge on any atom is -0.494 e. The van der Waals surface area contributed by atoms with Crippen molar-refractivity contribution >= 4 is 11.6 Å². The van der Waals surface area contributed by atoms with Crippen molar-refractivity contribution in [3.05, 3.63) is 64.2 Å². The van der Waals surface area contributed by atoms with E-state index in [1.165, 1.54) is 5.56 Å². The maximum atomic E-state index is 6.51. The molecule has 0 aliphatic carbocycles. The van der Waals surface area contributed by atoms with Crippen molar-refractivity contribution in [1.82, 2.24) is 0 Å². The number of hydrogen-bond donors (Lipinski definition) is 0. The molecule has 1 saturated heterocycles. The van der Waals surface area contributed by atoms with Gasteiger partial charge in [0.05, 0.1) is 6.61 Å². The first-order valence-electron chi connectivity index (χ1n) is 9.95. The third-order valence-electron chi connectivity index (χ3n) is 5.02. The van der Waals surface area contributed by atoms with Crippen LogP contribution in [0.2, 0.25) is 5.02 Å². The summed E-state index contributed by atoms with van der Waals surface area (Å²) in [5, 5.41) is 0.739. The van der Waals surface area contributed by atoms with E-state index in [2.05, 4.69) is 18.2 Å². The fourth-order valence-electron chi connectivity index (χ4n) is 3.67. The average Bonchev–Trinajstić information content (AvgIpc) is 2.71. The van der Waals surface area contributed by atoms with Gasteiger partial charge in [-0.05, 0) is 68.5 Å². The molecular formula is C23H29ClO4. The van der Waals surface area contributed by atoms with Crippen LogP contribution < -0.4 is 4.74 Å². The number of methoxy groups -OCH3 is 1. The Labute approximate surface area is 172 Å². The Hall–Kier alpha value is -1.59. The van der Waals surface area contributed by atoms with Gasteiger partial charge in [-0.2, -0.15) is 0 Å². The average molecular weight is 405 g/mol. The molecule has 0 bridgehead atoms. The Bertz CT molecular complexity index is 758. The van der Waals surface area contributed by atoms with Gasteiger partial charge in [0, 0.05) is 30.7 Å². The lowest BCUT2D eigenvalue weighted by Crippen LogP contribution is -2.41. The van der Waals surface area contributed by atoms with Gasteiger partial charge in [0.1, 0.15) is 5.75 Å². The number of ether oxygens (including phenoxy) is 4. The Balaban J connectivity index is 1.86. The quantitative estimate of drug-likeness (QED) is 0.566. The smallest absolute Gasteiger partial charge is 0.197 e. The summed E-state index contributed by atoms with van der Waals surface area (Å²) in [5.74, 6) is 0.0915. The standard InChI is InChI=1S/C23H29ClO4/c1-4-26-20-11-8-17(9-12-20)15-18-16-19(10-13-21(18)24)23(27-5-2)14-6-7-22(25-3)28-23/h8-13,16,22H,4-7,14-15H2,1-3H3/t22-,23+/m1/s1. The van der Waals surface area contributed by atoms with Crippen LogP contribution in [0.3, 0.4) is 0 Å². The van der Waals surface area contributed by atoms with Gasteiger partial charge in [0.2, 0.25) is 0 Å². The lowest BCUT2D eigenvalue weighted by Gasteiger charge is -2.40. The zero-order chi connectivity index (χ0) is 20.0. The van der Waals surface area contributed by atoms with Gasteiger partial charge in [-0.3, -0.25) is 0 Å². The van der Waals surface area contributed by atoms with Crippen LogP contribution in [0, 0.1) is 0 Å². The van der Waals surface area contributed by atoms with E-state index in [0.717, 1.165) is 47.6 Å². The highest BCUT2D eigenvalue weighted by atomic mass is 35.5. The molecule has 4 nitrogen and oxygen atoms in total. The molecule has 2 atom stereocenters. The molecule has 0 aromatic heterocycles. The minimum absolute atomic E-state index is 0.259. The van der Waals surface area contributed by atoms with E-state index in [0.29, 0.717) is 13.2 Å². The number of benzene rings is 2. The summed E-state index contributed by atoms with van der Waals surface area (Å²) in [6, 6.07) is 14.2. The molecule has 5 heteroatoms. The SMILES string of the molecule is CCOc1ccc(Cc2cc([C@]3(OCC)CCC[C@H](OC)O3)ccc2Cl)cc1. The van der Waals surface area contributed by atoms with Gasteiger partial charge in [-0.1, -0.05) is 29.8 Å². The summed E-state index contributed by atoms with van der Waals surface area (Å²) in [5.41, 5.74) is 3.21. The van der Waals surface area contributed by atoms with Crippen LogP contribution in [0.25, 0.3) is 0 Å². The first kappa shape index (κ1) is 21.1. The van der Waals surface area contributed by atoms with Crippen LogP contribution in [0.5, 0.6) is 5.75 Å². The zero-order valence-corrected chi connectivity index (χ0v) is 17.6. The third kappa shape index (κ3) is 4.87. The maximum Gasteiger partial charge on any atom is 0.197 e. The van der Waals surface area contributed by atoms with E-state index in [9.17, 15) is 0 Å². The minimum atomic E-state index is -0.786. The molecule has 28 heavy (non-hydrogen) atoms. The molecule has 0 radical (unpaired) electrons. The monoisotopic (exact) mass is 404 g/mol. The zero-order valence-electron chi connectivity index (χ0n) is 16.9. The Kier molecular flexibility index (Phi) is 7.36. The van der Waals surface area contributed by atoms with Crippen molar-refractivity contribution in [1.29, 1.82) is 0 Å². The first-order chi connectivity index (χ1) is 13.6. The second kappa shape index (κ2) is 9.75. The molecule has 3 rings (SSSR count). The molecule has 1 heterocycles. The highest BCUT2D eigenvalue weighted by molar-refractivity contribution is 6.31. The molecule has 1 fully saturated rings. The van der Waals surface area contributed by atoms with E-state index in [1.54, 1.807) is 7.11 Å². The molecule has 0 N–H and O–H groups in total. The fraction of sp³-hybridized carbons (Fsp3) is 0.478. The molecule has 0 amide bonds. The van der Waals surface area contributed by atoms with E-state index < -0.39 is 5.79 Å². The fourth-order valence-corrected chi connectivity index (χ4v) is 3.85. The molecule has 1 aliphatic heterocycles. The summed E-state index contributed by atoms with van der Waals surface area (Å²) < 4.78 is 23.3. The van der Waals surface area contributed by atoms with Crippen molar-refractivity contribution in [3.63, 3.8) is 0 Å². The highest BCUT2D eigenvalue weighted by Crippen LogP contribution is 2.40. The molecule has 0 saturated carbocycles. The van der Waals surface area contributed by atoms with Crippen LogP contribution in [-0.2, 0) is 26.4 Å². The van der Waals surface area contributed by atoms with E-state index in [1.807, 2.05) is 38.1 Å². The summed E-state index contributed by atoms with van der Waals surface area (Å²) in [7, 11) is 1.67. The lowest BCUT2D eigenvalue weighted by molar-refractivity contribution is -0.334.